The van der Waals surface area contributed by atoms with Crippen molar-refractivity contribution in [3.8, 4) is 5.75 Å². The first kappa shape index (κ1) is 15.4. The highest BCUT2D eigenvalue weighted by atomic mass is 16.5. The Bertz CT molecular complexity index is 652. The van der Waals surface area contributed by atoms with Gasteiger partial charge in [0.15, 0.2) is 0 Å². The van der Waals surface area contributed by atoms with E-state index in [0.29, 0.717) is 5.69 Å². The number of nitrogens with one attached hydrogen (secondary N) is 1. The van der Waals surface area contributed by atoms with Crippen molar-refractivity contribution in [3.63, 3.8) is 0 Å². The van der Waals surface area contributed by atoms with Gasteiger partial charge in [-0.05, 0) is 30.5 Å². The van der Waals surface area contributed by atoms with Crippen LogP contribution < -0.4 is 4.74 Å². The Labute approximate surface area is 126 Å². The molecule has 0 spiro atoms. The fraction of sp³-hybridized carbons (Fsp3) is 0.471. The van der Waals surface area contributed by atoms with Crippen LogP contribution in [0.5, 0.6) is 5.75 Å². The lowest BCUT2D eigenvalue weighted by Crippen LogP contribution is -2.43. The van der Waals surface area contributed by atoms with Gasteiger partial charge in [-0.3, -0.25) is 4.79 Å². The molecule has 1 N–H and O–H groups in total. The van der Waals surface area contributed by atoms with Crippen molar-refractivity contribution >= 4 is 16.8 Å². The zero-order chi connectivity index (χ0) is 15.8. The number of rotatable bonds is 3. The molecule has 114 valence electrons. The molecule has 0 fully saturated rings. The first-order valence-electron chi connectivity index (χ1n) is 7.18. The molecule has 0 bridgehead atoms. The highest BCUT2D eigenvalue weighted by Gasteiger charge is 2.28. The largest absolute Gasteiger partial charge is 0.497 e. The lowest BCUT2D eigenvalue weighted by molar-refractivity contribution is 0.0624. The Morgan fingerprint density at radius 3 is 2.52 bits per heavy atom. The Balaban J connectivity index is 2.31. The molecule has 0 unspecified atom stereocenters. The monoisotopic (exact) mass is 288 g/mol. The van der Waals surface area contributed by atoms with E-state index in [1.165, 1.54) is 0 Å². The number of methoxy groups -OCH3 is 1. The molecule has 1 aromatic carbocycles. The van der Waals surface area contributed by atoms with Gasteiger partial charge in [0.05, 0.1) is 7.11 Å². The van der Waals surface area contributed by atoms with E-state index >= 15 is 0 Å². The lowest BCUT2D eigenvalue weighted by atomic mass is 9.87. The third-order valence-electron chi connectivity index (χ3n) is 4.21. The van der Waals surface area contributed by atoms with Crippen LogP contribution in [0.1, 0.15) is 38.2 Å². The fourth-order valence-corrected chi connectivity index (χ4v) is 2.30. The maximum atomic E-state index is 12.6. The van der Waals surface area contributed by atoms with Crippen LogP contribution in [0.25, 0.3) is 10.9 Å². The number of aromatic nitrogens is 1. The zero-order valence-electron chi connectivity index (χ0n) is 13.7. The maximum absolute atomic E-state index is 12.6. The van der Waals surface area contributed by atoms with Gasteiger partial charge in [0, 0.05) is 30.1 Å². The zero-order valence-corrected chi connectivity index (χ0v) is 13.7. The first-order chi connectivity index (χ1) is 9.74. The van der Waals surface area contributed by atoms with Gasteiger partial charge in [-0.1, -0.05) is 20.8 Å². The van der Waals surface area contributed by atoms with Crippen LogP contribution in [0.15, 0.2) is 24.3 Å². The Morgan fingerprint density at radius 2 is 1.95 bits per heavy atom. The SMILES string of the molecule is COc1ccc2cc(C(=O)N(C)[C@@H](C)C(C)(C)C)[nH]c2c1. The number of H-pyrrole nitrogens is 1. The molecule has 21 heavy (non-hydrogen) atoms. The summed E-state index contributed by atoms with van der Waals surface area (Å²) in [6.45, 7) is 8.48. The number of carbonyl (C=O) groups excluding carboxylic acids is 1. The summed E-state index contributed by atoms with van der Waals surface area (Å²) >= 11 is 0. The van der Waals surface area contributed by atoms with Gasteiger partial charge in [-0.15, -0.1) is 0 Å². The van der Waals surface area contributed by atoms with Crippen LogP contribution in [-0.4, -0.2) is 36.0 Å². The van der Waals surface area contributed by atoms with Crippen molar-refractivity contribution in [3.05, 3.63) is 30.0 Å². The number of amides is 1. The number of fused-ring (bicyclic) bond motifs is 1. The van der Waals surface area contributed by atoms with Crippen molar-refractivity contribution in [2.45, 2.75) is 33.7 Å². The fourth-order valence-electron chi connectivity index (χ4n) is 2.30. The number of carbonyl (C=O) groups is 1. The summed E-state index contributed by atoms with van der Waals surface area (Å²) in [4.78, 5) is 17.6. The number of hydrogen-bond acceptors (Lipinski definition) is 2. The van der Waals surface area contributed by atoms with Crippen LogP contribution in [-0.2, 0) is 0 Å². The number of nitrogens with zero attached hydrogens (tertiary/aromatic N) is 1. The minimum atomic E-state index is 0.00703. The molecule has 1 amide bonds. The molecule has 1 aromatic heterocycles. The average Bonchev–Trinajstić information content (AvgIpc) is 2.86. The molecule has 4 nitrogen and oxygen atoms in total. The summed E-state index contributed by atoms with van der Waals surface area (Å²) in [6.07, 6.45) is 0. The normalized spacial score (nSPS) is 13.2. The number of benzene rings is 1. The van der Waals surface area contributed by atoms with Gasteiger partial charge >= 0.3 is 0 Å². The molecule has 0 aliphatic rings. The Hall–Kier alpha value is -1.97. The topological polar surface area (TPSA) is 45.3 Å². The molecular weight excluding hydrogens is 264 g/mol. The van der Waals surface area contributed by atoms with E-state index in [9.17, 15) is 4.79 Å². The molecule has 0 saturated heterocycles. The number of ether oxygens (including phenoxy) is 1. The quantitative estimate of drug-likeness (QED) is 0.936. The van der Waals surface area contributed by atoms with Crippen LogP contribution in [0, 0.1) is 5.41 Å². The van der Waals surface area contributed by atoms with E-state index in [0.717, 1.165) is 16.7 Å². The third-order valence-corrected chi connectivity index (χ3v) is 4.21. The van der Waals surface area contributed by atoms with E-state index in [-0.39, 0.29) is 17.4 Å². The first-order valence-corrected chi connectivity index (χ1v) is 7.18. The van der Waals surface area contributed by atoms with E-state index < -0.39 is 0 Å². The van der Waals surface area contributed by atoms with Gasteiger partial charge in [0.2, 0.25) is 0 Å². The Morgan fingerprint density at radius 1 is 1.29 bits per heavy atom. The molecule has 0 radical (unpaired) electrons. The van der Waals surface area contributed by atoms with E-state index in [2.05, 4.69) is 32.7 Å². The van der Waals surface area contributed by atoms with Crippen LogP contribution in [0.3, 0.4) is 0 Å². The van der Waals surface area contributed by atoms with Gasteiger partial charge in [0.1, 0.15) is 11.4 Å². The predicted molar refractivity (Wildman–Crippen MR) is 85.9 cm³/mol. The minimum absolute atomic E-state index is 0.00703. The number of aromatic amines is 1. The molecule has 0 saturated carbocycles. The van der Waals surface area contributed by atoms with E-state index in [1.54, 1.807) is 12.0 Å². The second kappa shape index (κ2) is 5.43. The molecule has 2 aromatic rings. The summed E-state index contributed by atoms with van der Waals surface area (Å²) in [5.41, 5.74) is 1.56. The van der Waals surface area contributed by atoms with Gasteiger partial charge in [-0.2, -0.15) is 0 Å². The predicted octanol–water partition coefficient (Wildman–Crippen LogP) is 3.68. The summed E-state index contributed by atoms with van der Waals surface area (Å²) in [5.74, 6) is 0.785. The van der Waals surface area contributed by atoms with E-state index in [1.807, 2.05) is 31.3 Å². The smallest absolute Gasteiger partial charge is 0.270 e. The molecule has 0 aliphatic carbocycles. The van der Waals surface area contributed by atoms with Crippen molar-refractivity contribution in [1.29, 1.82) is 0 Å². The molecule has 2 rings (SSSR count). The second-order valence-corrected chi connectivity index (χ2v) is 6.59. The van der Waals surface area contributed by atoms with Gasteiger partial charge < -0.3 is 14.6 Å². The molecule has 4 heteroatoms. The third kappa shape index (κ3) is 3.04. The van der Waals surface area contributed by atoms with Crippen molar-refractivity contribution in [1.82, 2.24) is 9.88 Å². The Kier molecular flexibility index (Phi) is 3.99. The van der Waals surface area contributed by atoms with Gasteiger partial charge in [-0.25, -0.2) is 0 Å². The summed E-state index contributed by atoms with van der Waals surface area (Å²) in [5, 5.41) is 1.01. The lowest BCUT2D eigenvalue weighted by Gasteiger charge is -2.35. The standard InChI is InChI=1S/C17H24N2O2/c1-11(17(2,3)4)19(5)16(20)15-9-12-7-8-13(21-6)10-14(12)18-15/h7-11,18H,1-6H3/t11-/m0/s1. The van der Waals surface area contributed by atoms with Crippen LogP contribution in [0.4, 0.5) is 0 Å². The summed E-state index contributed by atoms with van der Waals surface area (Å²) < 4.78 is 5.21. The summed E-state index contributed by atoms with van der Waals surface area (Å²) in [6, 6.07) is 7.79. The van der Waals surface area contributed by atoms with Crippen molar-refractivity contribution in [2.75, 3.05) is 14.2 Å². The van der Waals surface area contributed by atoms with E-state index in [4.69, 9.17) is 4.74 Å². The van der Waals surface area contributed by atoms with Crippen LogP contribution in [0.2, 0.25) is 0 Å². The van der Waals surface area contributed by atoms with Crippen molar-refractivity contribution in [2.24, 2.45) is 5.41 Å². The highest BCUT2D eigenvalue weighted by Crippen LogP contribution is 2.26. The summed E-state index contributed by atoms with van der Waals surface area (Å²) in [7, 11) is 3.49. The van der Waals surface area contributed by atoms with Crippen LogP contribution >= 0.6 is 0 Å². The molecular formula is C17H24N2O2. The second-order valence-electron chi connectivity index (χ2n) is 6.59. The maximum Gasteiger partial charge on any atom is 0.270 e. The highest BCUT2D eigenvalue weighted by molar-refractivity contribution is 5.98. The number of hydrogen-bond donors (Lipinski definition) is 1. The minimum Gasteiger partial charge on any atom is -0.497 e. The molecule has 0 aliphatic heterocycles. The van der Waals surface area contributed by atoms with Gasteiger partial charge in [0.25, 0.3) is 5.91 Å². The molecule has 1 atom stereocenters. The molecule has 1 heterocycles. The average molecular weight is 288 g/mol. The van der Waals surface area contributed by atoms with Crippen molar-refractivity contribution < 1.29 is 9.53 Å².